The van der Waals surface area contributed by atoms with Gasteiger partial charge in [0, 0.05) is 17.7 Å². The highest BCUT2D eigenvalue weighted by Gasteiger charge is 2.48. The van der Waals surface area contributed by atoms with E-state index >= 15 is 0 Å². The maximum absolute atomic E-state index is 13.6. The van der Waals surface area contributed by atoms with Crippen molar-refractivity contribution in [3.05, 3.63) is 100 Å². The number of ketones is 1. The van der Waals surface area contributed by atoms with Crippen LogP contribution in [-0.2, 0) is 21.8 Å². The second kappa shape index (κ2) is 11.6. The van der Waals surface area contributed by atoms with Gasteiger partial charge in [0.05, 0.1) is 18.2 Å². The fraction of sp³-hybridized carbons (Fsp3) is 0.226. The fourth-order valence-electron chi connectivity index (χ4n) is 5.10. The first-order valence-corrected chi connectivity index (χ1v) is 15.2. The number of carbonyl (C=O) groups is 2. The summed E-state index contributed by atoms with van der Waals surface area (Å²) in [6.45, 7) is 4.26. The molecule has 0 bridgehead atoms. The predicted octanol–water partition coefficient (Wildman–Crippen LogP) is 6.32. The van der Waals surface area contributed by atoms with Crippen molar-refractivity contribution in [3.63, 3.8) is 0 Å². The average molecular weight is 604 g/mol. The highest BCUT2D eigenvalue weighted by molar-refractivity contribution is 8.00. The van der Waals surface area contributed by atoms with E-state index < -0.39 is 17.7 Å². The number of fused-ring (bicyclic) bond motifs is 1. The Balaban J connectivity index is 1.39. The lowest BCUT2D eigenvalue weighted by molar-refractivity contribution is -0.132. The molecule has 11 heteroatoms. The van der Waals surface area contributed by atoms with Crippen molar-refractivity contribution in [2.45, 2.75) is 42.5 Å². The van der Waals surface area contributed by atoms with Crippen LogP contribution in [0.15, 0.2) is 76.6 Å². The Labute approximate surface area is 249 Å². The number of anilines is 1. The summed E-state index contributed by atoms with van der Waals surface area (Å²) in [5, 5.41) is 20.3. The molecular weight excluding hydrogens is 577 g/mol. The minimum atomic E-state index is -0.961. The van der Waals surface area contributed by atoms with Gasteiger partial charge in [0.15, 0.2) is 4.34 Å². The smallest absolute Gasteiger partial charge is 0.301 e. The molecule has 2 atom stereocenters. The van der Waals surface area contributed by atoms with Gasteiger partial charge in [0.2, 0.25) is 5.13 Å². The number of benzene rings is 3. The largest absolute Gasteiger partial charge is 0.507 e. The van der Waals surface area contributed by atoms with Gasteiger partial charge >= 0.3 is 5.91 Å². The Morgan fingerprint density at radius 2 is 1.95 bits per heavy atom. The van der Waals surface area contributed by atoms with Crippen LogP contribution >= 0.6 is 23.1 Å². The van der Waals surface area contributed by atoms with Crippen molar-refractivity contribution >= 4 is 45.7 Å². The third-order valence-electron chi connectivity index (χ3n) is 6.98. The molecule has 0 saturated carbocycles. The maximum Gasteiger partial charge on any atom is 0.301 e. The van der Waals surface area contributed by atoms with Crippen molar-refractivity contribution in [3.8, 4) is 11.5 Å². The second-order valence-corrected chi connectivity index (χ2v) is 12.1. The molecule has 1 amide bonds. The zero-order chi connectivity index (χ0) is 29.4. The highest BCUT2D eigenvalue weighted by Crippen LogP contribution is 2.45. The molecule has 1 N–H and O–H groups in total. The molecule has 2 aliphatic heterocycles. The van der Waals surface area contributed by atoms with Gasteiger partial charge in [-0.1, -0.05) is 47.4 Å². The Morgan fingerprint density at radius 1 is 1.14 bits per heavy atom. The number of ether oxygens (including phenoxy) is 2. The summed E-state index contributed by atoms with van der Waals surface area (Å²) < 4.78 is 25.3. The molecule has 3 heterocycles. The van der Waals surface area contributed by atoms with E-state index in [1.807, 2.05) is 13.8 Å². The maximum atomic E-state index is 13.6. The van der Waals surface area contributed by atoms with Gasteiger partial charge in [0.25, 0.3) is 5.78 Å². The number of nitrogens with zero attached hydrogens (tertiary/aromatic N) is 3. The number of aromatic nitrogens is 2. The van der Waals surface area contributed by atoms with Crippen LogP contribution in [-0.4, -0.2) is 39.7 Å². The van der Waals surface area contributed by atoms with Crippen LogP contribution in [0.3, 0.4) is 0 Å². The highest BCUT2D eigenvalue weighted by atomic mass is 32.2. The molecule has 214 valence electrons. The number of carbonyl (C=O) groups excluding carboxylic acids is 2. The molecule has 0 aliphatic carbocycles. The van der Waals surface area contributed by atoms with E-state index in [1.165, 1.54) is 28.8 Å². The molecular formula is C31H26FN3O5S2. The summed E-state index contributed by atoms with van der Waals surface area (Å²) in [6, 6.07) is 17.6. The number of halogens is 1. The van der Waals surface area contributed by atoms with E-state index in [2.05, 4.69) is 10.2 Å². The number of hydrogen-bond donors (Lipinski definition) is 1. The van der Waals surface area contributed by atoms with Crippen molar-refractivity contribution in [2.75, 3.05) is 11.5 Å². The first-order valence-electron chi connectivity index (χ1n) is 13.4. The van der Waals surface area contributed by atoms with E-state index in [-0.39, 0.29) is 28.4 Å². The predicted molar refractivity (Wildman–Crippen MR) is 158 cm³/mol. The summed E-state index contributed by atoms with van der Waals surface area (Å²) >= 11 is 2.55. The summed E-state index contributed by atoms with van der Waals surface area (Å²) in [5.74, 6) is -0.396. The van der Waals surface area contributed by atoms with Crippen LogP contribution < -0.4 is 14.4 Å². The topological polar surface area (TPSA) is 102 Å². The third kappa shape index (κ3) is 5.37. The molecule has 0 radical (unpaired) electrons. The molecule has 2 unspecified atom stereocenters. The lowest BCUT2D eigenvalue weighted by Gasteiger charge is -2.23. The quantitative estimate of drug-likeness (QED) is 0.0821. The molecule has 4 aromatic rings. The molecule has 6 rings (SSSR count). The first-order chi connectivity index (χ1) is 20.3. The van der Waals surface area contributed by atoms with Crippen molar-refractivity contribution in [1.29, 1.82) is 0 Å². The van der Waals surface area contributed by atoms with Gasteiger partial charge in [0.1, 0.15) is 29.2 Å². The summed E-state index contributed by atoms with van der Waals surface area (Å²) in [5.41, 5.74) is 2.78. The van der Waals surface area contributed by atoms with Gasteiger partial charge in [-0.25, -0.2) is 4.39 Å². The molecule has 1 saturated heterocycles. The lowest BCUT2D eigenvalue weighted by atomic mass is 9.94. The molecule has 3 aromatic carbocycles. The average Bonchev–Trinajstić information content (AvgIpc) is 3.67. The molecule has 1 aromatic heterocycles. The second-order valence-electron chi connectivity index (χ2n) is 9.90. The molecule has 8 nitrogen and oxygen atoms in total. The fourth-order valence-corrected chi connectivity index (χ4v) is 6.92. The Hall–Kier alpha value is -4.22. The molecule has 1 fully saturated rings. The van der Waals surface area contributed by atoms with E-state index in [9.17, 15) is 19.1 Å². The van der Waals surface area contributed by atoms with Crippen LogP contribution in [0.25, 0.3) is 5.76 Å². The van der Waals surface area contributed by atoms with Gasteiger partial charge in [-0.3, -0.25) is 14.5 Å². The number of thioether (sulfide) groups is 1. The monoisotopic (exact) mass is 603 g/mol. The zero-order valence-corrected chi connectivity index (χ0v) is 24.4. The molecule has 42 heavy (non-hydrogen) atoms. The minimum absolute atomic E-state index is 0.0109. The van der Waals surface area contributed by atoms with E-state index in [0.717, 1.165) is 28.2 Å². The number of hydrogen-bond acceptors (Lipinski definition) is 9. The van der Waals surface area contributed by atoms with Crippen LogP contribution in [0.1, 0.15) is 42.1 Å². The van der Waals surface area contributed by atoms with Gasteiger partial charge in [-0.15, -0.1) is 10.2 Å². The number of rotatable bonds is 8. The Kier molecular flexibility index (Phi) is 7.70. The number of amides is 1. The number of Topliss-reactive ketones (excluding diaryl/α,β-unsaturated/α-hetero) is 1. The van der Waals surface area contributed by atoms with Crippen molar-refractivity contribution < 1.29 is 28.6 Å². The van der Waals surface area contributed by atoms with Gasteiger partial charge < -0.3 is 14.6 Å². The number of aliphatic hydroxyl groups is 1. The van der Waals surface area contributed by atoms with Gasteiger partial charge in [-0.05, 0) is 73.0 Å². The third-order valence-corrected chi connectivity index (χ3v) is 9.10. The summed E-state index contributed by atoms with van der Waals surface area (Å²) in [6.07, 6.45) is 0.685. The Bertz CT molecular complexity index is 1700. The summed E-state index contributed by atoms with van der Waals surface area (Å²) in [4.78, 5) is 28.4. The minimum Gasteiger partial charge on any atom is -0.507 e. The molecule has 2 aliphatic rings. The van der Waals surface area contributed by atoms with Crippen molar-refractivity contribution in [1.82, 2.24) is 10.2 Å². The zero-order valence-electron chi connectivity index (χ0n) is 22.7. The van der Waals surface area contributed by atoms with E-state index in [1.54, 1.807) is 54.6 Å². The number of aliphatic hydroxyl groups excluding tert-OH is 1. The Morgan fingerprint density at radius 3 is 2.74 bits per heavy atom. The normalized spacial score (nSPS) is 19.2. The van der Waals surface area contributed by atoms with Gasteiger partial charge in [-0.2, -0.15) is 0 Å². The first kappa shape index (κ1) is 27.9. The van der Waals surface area contributed by atoms with Crippen LogP contribution in [0.4, 0.5) is 9.52 Å². The lowest BCUT2D eigenvalue weighted by Crippen LogP contribution is -2.29. The summed E-state index contributed by atoms with van der Waals surface area (Å²) in [7, 11) is 0. The standard InChI is InChI=1S/C31H26FN3O5S2/c1-3-39-23-6-4-5-19(15-23)26-25(27(36)20-9-12-24-21(14-20)13-17(2)40-24)28(37)29(38)35(26)30-33-34-31(42-30)41-16-18-7-10-22(32)11-8-18/h4-12,14-15,17,26,36H,3,13,16H2,1-2H3/b27-25+. The van der Waals surface area contributed by atoms with E-state index in [4.69, 9.17) is 9.47 Å². The van der Waals surface area contributed by atoms with Crippen LogP contribution in [0.2, 0.25) is 0 Å². The molecule has 0 spiro atoms. The van der Waals surface area contributed by atoms with Crippen molar-refractivity contribution in [2.24, 2.45) is 0 Å². The SMILES string of the molecule is CCOc1cccc(C2/C(=C(\O)c3ccc4c(c3)CC(C)O4)C(=O)C(=O)N2c2nnc(SCc3ccc(F)cc3)s2)c1. The van der Waals surface area contributed by atoms with E-state index in [0.29, 0.717) is 40.0 Å². The van der Waals surface area contributed by atoms with Crippen LogP contribution in [0, 0.1) is 5.82 Å². The van der Waals surface area contributed by atoms with Crippen LogP contribution in [0.5, 0.6) is 11.5 Å².